The molecule has 2 aromatic heterocycles. The minimum Gasteiger partial charge on any atom is -0.378 e. The van der Waals surface area contributed by atoms with Gasteiger partial charge in [-0.05, 0) is 30.4 Å². The van der Waals surface area contributed by atoms with E-state index in [2.05, 4.69) is 34.0 Å². The third kappa shape index (κ3) is 3.93. The van der Waals surface area contributed by atoms with Crippen molar-refractivity contribution >= 4 is 11.9 Å². The highest BCUT2D eigenvalue weighted by Gasteiger charge is 2.35. The van der Waals surface area contributed by atoms with Crippen LogP contribution in [0.1, 0.15) is 48.1 Å². The molecule has 27 heavy (non-hydrogen) atoms. The smallest absolute Gasteiger partial charge is 0.270 e. The van der Waals surface area contributed by atoms with Crippen LogP contribution in [0.5, 0.6) is 0 Å². The summed E-state index contributed by atoms with van der Waals surface area (Å²) >= 11 is 0. The molecule has 1 N–H and O–H groups in total. The molecule has 1 fully saturated rings. The summed E-state index contributed by atoms with van der Waals surface area (Å²) in [6.07, 6.45) is 5.23. The lowest BCUT2D eigenvalue weighted by molar-refractivity contribution is 0.0913. The van der Waals surface area contributed by atoms with Crippen LogP contribution in [0, 0.1) is 5.41 Å². The number of hydrogen-bond donors (Lipinski definition) is 1. The minimum atomic E-state index is -0.165. The quantitative estimate of drug-likeness (QED) is 0.895. The first-order valence-corrected chi connectivity index (χ1v) is 9.42. The van der Waals surface area contributed by atoms with Gasteiger partial charge in [-0.25, -0.2) is 9.97 Å². The first-order valence-electron chi connectivity index (χ1n) is 9.42. The Hall–Kier alpha value is -2.54. The molecule has 4 rings (SSSR count). The van der Waals surface area contributed by atoms with E-state index in [4.69, 9.17) is 9.72 Å². The number of hydrogen-bond acceptors (Lipinski definition) is 6. The van der Waals surface area contributed by atoms with Crippen molar-refractivity contribution in [2.24, 2.45) is 5.41 Å². The van der Waals surface area contributed by atoms with Gasteiger partial charge in [-0.1, -0.05) is 19.9 Å². The van der Waals surface area contributed by atoms with Gasteiger partial charge in [-0.2, -0.15) is 0 Å². The van der Waals surface area contributed by atoms with Crippen LogP contribution >= 0.6 is 0 Å². The predicted molar refractivity (Wildman–Crippen MR) is 102 cm³/mol. The van der Waals surface area contributed by atoms with Crippen molar-refractivity contribution in [1.82, 2.24) is 20.3 Å². The molecule has 3 heterocycles. The van der Waals surface area contributed by atoms with Crippen LogP contribution < -0.4 is 10.2 Å². The SMILES string of the molecule is CC1(C)Cc2nc(N3CCOCC3)ncc2[C@H](NC(=O)c2ccccn2)C1. The summed E-state index contributed by atoms with van der Waals surface area (Å²) in [5, 5.41) is 3.13. The molecule has 1 saturated heterocycles. The van der Waals surface area contributed by atoms with Gasteiger partial charge in [0.15, 0.2) is 0 Å². The van der Waals surface area contributed by atoms with E-state index in [9.17, 15) is 4.79 Å². The highest BCUT2D eigenvalue weighted by molar-refractivity contribution is 5.92. The van der Waals surface area contributed by atoms with Gasteiger partial charge >= 0.3 is 0 Å². The summed E-state index contributed by atoms with van der Waals surface area (Å²) in [6, 6.07) is 5.23. The molecule has 0 bridgehead atoms. The Morgan fingerprint density at radius 2 is 2.07 bits per heavy atom. The van der Waals surface area contributed by atoms with E-state index < -0.39 is 0 Å². The molecule has 1 amide bonds. The first kappa shape index (κ1) is 17.9. The Morgan fingerprint density at radius 1 is 1.26 bits per heavy atom. The van der Waals surface area contributed by atoms with Crippen LogP contribution in [-0.4, -0.2) is 47.2 Å². The molecule has 0 unspecified atom stereocenters. The second-order valence-electron chi connectivity index (χ2n) is 7.96. The molecular formula is C20H25N5O2. The fourth-order valence-corrected chi connectivity index (χ4v) is 3.81. The van der Waals surface area contributed by atoms with Gasteiger partial charge in [-0.15, -0.1) is 0 Å². The highest BCUT2D eigenvalue weighted by atomic mass is 16.5. The fraction of sp³-hybridized carbons (Fsp3) is 0.500. The van der Waals surface area contributed by atoms with E-state index in [-0.39, 0.29) is 17.4 Å². The number of carbonyl (C=O) groups is 1. The summed E-state index contributed by atoms with van der Waals surface area (Å²) in [5.74, 6) is 0.589. The van der Waals surface area contributed by atoms with E-state index >= 15 is 0 Å². The molecule has 1 aliphatic carbocycles. The van der Waals surface area contributed by atoms with Gasteiger partial charge in [0.05, 0.1) is 24.9 Å². The Kier molecular flexibility index (Phi) is 4.78. The molecule has 7 nitrogen and oxygen atoms in total. The second-order valence-corrected chi connectivity index (χ2v) is 7.96. The number of aromatic nitrogens is 3. The van der Waals surface area contributed by atoms with Gasteiger partial charge < -0.3 is 15.0 Å². The number of rotatable bonds is 3. The molecule has 7 heteroatoms. The molecule has 1 atom stereocenters. The van der Waals surface area contributed by atoms with Crippen LogP contribution in [0.25, 0.3) is 0 Å². The summed E-state index contributed by atoms with van der Waals surface area (Å²) in [6.45, 7) is 7.45. The zero-order valence-electron chi connectivity index (χ0n) is 15.8. The maximum absolute atomic E-state index is 12.6. The van der Waals surface area contributed by atoms with Crippen molar-refractivity contribution < 1.29 is 9.53 Å². The van der Waals surface area contributed by atoms with Crippen molar-refractivity contribution in [3.05, 3.63) is 47.5 Å². The van der Waals surface area contributed by atoms with Gasteiger partial charge in [0, 0.05) is 31.0 Å². The Labute approximate surface area is 159 Å². The Morgan fingerprint density at radius 3 is 2.81 bits per heavy atom. The molecule has 142 valence electrons. The maximum Gasteiger partial charge on any atom is 0.270 e. The van der Waals surface area contributed by atoms with Crippen molar-refractivity contribution in [3.63, 3.8) is 0 Å². The van der Waals surface area contributed by atoms with Gasteiger partial charge in [0.2, 0.25) is 5.95 Å². The van der Waals surface area contributed by atoms with E-state index in [1.807, 2.05) is 12.3 Å². The van der Waals surface area contributed by atoms with Crippen LogP contribution in [-0.2, 0) is 11.2 Å². The number of nitrogens with one attached hydrogen (secondary N) is 1. The minimum absolute atomic E-state index is 0.0473. The van der Waals surface area contributed by atoms with Crippen molar-refractivity contribution in [2.45, 2.75) is 32.7 Å². The number of nitrogens with zero attached hydrogens (tertiary/aromatic N) is 4. The van der Waals surface area contributed by atoms with E-state index in [0.29, 0.717) is 18.9 Å². The van der Waals surface area contributed by atoms with Crippen molar-refractivity contribution in [2.75, 3.05) is 31.2 Å². The van der Waals surface area contributed by atoms with Crippen LogP contribution in [0.4, 0.5) is 5.95 Å². The number of morpholine rings is 1. The van der Waals surface area contributed by atoms with Crippen LogP contribution in [0.3, 0.4) is 0 Å². The number of carbonyl (C=O) groups excluding carboxylic acids is 1. The van der Waals surface area contributed by atoms with Gasteiger partial charge in [0.1, 0.15) is 5.69 Å². The van der Waals surface area contributed by atoms with Gasteiger partial charge in [-0.3, -0.25) is 9.78 Å². The lowest BCUT2D eigenvalue weighted by Gasteiger charge is -2.37. The third-order valence-electron chi connectivity index (χ3n) is 5.16. The van der Waals surface area contributed by atoms with Crippen molar-refractivity contribution in [3.8, 4) is 0 Å². The average molecular weight is 367 g/mol. The summed E-state index contributed by atoms with van der Waals surface area (Å²) in [4.78, 5) is 28.4. The maximum atomic E-state index is 12.6. The lowest BCUT2D eigenvalue weighted by atomic mass is 9.74. The topological polar surface area (TPSA) is 80.2 Å². The van der Waals surface area contributed by atoms with E-state index in [1.165, 1.54) is 0 Å². The summed E-state index contributed by atoms with van der Waals surface area (Å²) in [5.41, 5.74) is 2.50. The molecule has 0 spiro atoms. The largest absolute Gasteiger partial charge is 0.378 e. The van der Waals surface area contributed by atoms with Crippen LogP contribution in [0.15, 0.2) is 30.6 Å². The highest BCUT2D eigenvalue weighted by Crippen LogP contribution is 2.40. The molecule has 0 aromatic carbocycles. The number of pyridine rings is 1. The van der Waals surface area contributed by atoms with Crippen molar-refractivity contribution in [1.29, 1.82) is 0 Å². The molecular weight excluding hydrogens is 342 g/mol. The number of ether oxygens (including phenoxy) is 1. The predicted octanol–water partition coefficient (Wildman–Crippen LogP) is 2.15. The second kappa shape index (κ2) is 7.23. The zero-order valence-corrected chi connectivity index (χ0v) is 15.8. The monoisotopic (exact) mass is 367 g/mol. The standard InChI is InChI=1S/C20H25N5O2/c1-20(2)11-16(23-18(26)15-5-3-4-6-21-15)14-13-22-19(24-17(14)12-20)25-7-9-27-10-8-25/h3-6,13,16H,7-12H2,1-2H3,(H,23,26)/t16-/m1/s1. The fourth-order valence-electron chi connectivity index (χ4n) is 3.81. The Balaban J connectivity index is 1.60. The third-order valence-corrected chi connectivity index (χ3v) is 5.16. The number of amides is 1. The van der Waals surface area contributed by atoms with E-state index in [1.54, 1.807) is 18.3 Å². The summed E-state index contributed by atoms with van der Waals surface area (Å²) in [7, 11) is 0. The molecule has 2 aromatic rings. The number of anilines is 1. The average Bonchev–Trinajstić information content (AvgIpc) is 2.68. The van der Waals surface area contributed by atoms with Gasteiger partial charge in [0.25, 0.3) is 5.91 Å². The molecule has 1 aliphatic heterocycles. The normalized spacial score (nSPS) is 21.4. The lowest BCUT2D eigenvalue weighted by Crippen LogP contribution is -2.39. The number of fused-ring (bicyclic) bond motifs is 1. The summed E-state index contributed by atoms with van der Waals surface area (Å²) < 4.78 is 5.42. The Bertz CT molecular complexity index is 818. The molecule has 0 radical (unpaired) electrons. The molecule has 0 saturated carbocycles. The molecule has 2 aliphatic rings. The first-order chi connectivity index (χ1) is 13.0. The van der Waals surface area contributed by atoms with E-state index in [0.717, 1.165) is 43.1 Å². The zero-order chi connectivity index (χ0) is 18.9. The van der Waals surface area contributed by atoms with Crippen LogP contribution in [0.2, 0.25) is 0 Å².